The van der Waals surface area contributed by atoms with Gasteiger partial charge < -0.3 is 13.7 Å². The summed E-state index contributed by atoms with van der Waals surface area (Å²) in [6.45, 7) is 0. The van der Waals surface area contributed by atoms with E-state index in [1.54, 1.807) is 0 Å². The van der Waals surface area contributed by atoms with Crippen molar-refractivity contribution in [3.63, 3.8) is 0 Å². The fraction of sp³-hybridized carbons (Fsp3) is 0. The Morgan fingerprint density at radius 3 is 1.23 bits per heavy atom. The molecule has 12 aromatic carbocycles. The number of anilines is 6. The molecule has 0 saturated heterocycles. The first-order chi connectivity index (χ1) is 43.6. The second-order valence-electron chi connectivity index (χ2n) is 22.0. The number of aromatic nitrogens is 2. The van der Waals surface area contributed by atoms with Gasteiger partial charge >= 0.3 is 0 Å². The molecule has 0 unspecified atom stereocenters. The molecule has 0 N–H and O–H groups in total. The van der Waals surface area contributed by atoms with Crippen molar-refractivity contribution < 1.29 is 8.83 Å². The van der Waals surface area contributed by atoms with Crippen LogP contribution in [0, 0.1) is 0 Å². The molecule has 0 spiro atoms. The number of nitrogens with zero attached hydrogens (tertiary/aromatic N) is 4. The zero-order valence-electron chi connectivity index (χ0n) is 47.8. The molecule has 88 heavy (non-hydrogen) atoms. The summed E-state index contributed by atoms with van der Waals surface area (Å²) < 4.78 is 13.9. The highest BCUT2D eigenvalue weighted by Crippen LogP contribution is 2.50. The zero-order chi connectivity index (χ0) is 58.3. The summed E-state index contributed by atoms with van der Waals surface area (Å²) in [4.78, 5) is 15.4. The van der Waals surface area contributed by atoms with E-state index in [9.17, 15) is 0 Å². The number of rotatable bonds is 13. The third-order valence-corrected chi connectivity index (χ3v) is 16.8. The Balaban J connectivity index is 0.868. The zero-order valence-corrected chi connectivity index (χ0v) is 47.8. The van der Waals surface area contributed by atoms with E-state index in [4.69, 9.17) is 18.8 Å². The van der Waals surface area contributed by atoms with Crippen LogP contribution >= 0.6 is 0 Å². The van der Waals surface area contributed by atoms with Gasteiger partial charge in [0.1, 0.15) is 16.7 Å². The minimum absolute atomic E-state index is 0.663. The SMILES string of the molecule is c1ccc(-c2ccc(-c3ccc(N(c4ccccc4-c4ccccc4)c4nc(-c5ccccc5-c5ccccc5N(c5ccc(-c6ccc(-c7ccccc7)cc6)cc5)c5ccnc6c5oc5ccccc56)cc5c4oc4ccccc45)cc3)cc2)cc1. The number of furan rings is 2. The van der Waals surface area contributed by atoms with E-state index in [0.29, 0.717) is 17.0 Å². The topological polar surface area (TPSA) is 58.5 Å². The highest BCUT2D eigenvalue weighted by atomic mass is 16.3. The van der Waals surface area contributed by atoms with Gasteiger partial charge in [-0.2, -0.15) is 0 Å². The van der Waals surface area contributed by atoms with Crippen molar-refractivity contribution in [3.8, 4) is 78.0 Å². The van der Waals surface area contributed by atoms with Gasteiger partial charge in [0, 0.05) is 50.4 Å². The Labute approximate surface area is 509 Å². The monoisotopic (exact) mass is 1130 g/mol. The van der Waals surface area contributed by atoms with Crippen LogP contribution in [0.15, 0.2) is 337 Å². The average molecular weight is 1130 g/mol. The fourth-order valence-corrected chi connectivity index (χ4v) is 12.5. The van der Waals surface area contributed by atoms with Crippen LogP contribution in [0.25, 0.3) is 122 Å². The lowest BCUT2D eigenvalue weighted by Gasteiger charge is -2.29. The van der Waals surface area contributed by atoms with Gasteiger partial charge in [-0.3, -0.25) is 9.88 Å². The summed E-state index contributed by atoms with van der Waals surface area (Å²) in [6, 6.07) is 113. The lowest BCUT2D eigenvalue weighted by molar-refractivity contribution is 0.667. The van der Waals surface area contributed by atoms with Crippen LogP contribution in [0.5, 0.6) is 0 Å². The molecule has 0 radical (unpaired) electrons. The van der Waals surface area contributed by atoms with Crippen molar-refractivity contribution in [1.82, 2.24) is 9.97 Å². The maximum atomic E-state index is 7.04. The number of hydrogen-bond acceptors (Lipinski definition) is 6. The van der Waals surface area contributed by atoms with Crippen molar-refractivity contribution in [2.24, 2.45) is 0 Å². The number of fused-ring (bicyclic) bond motifs is 6. The van der Waals surface area contributed by atoms with Crippen LogP contribution in [0.3, 0.4) is 0 Å². The molecule has 0 bridgehead atoms. The van der Waals surface area contributed by atoms with Crippen molar-refractivity contribution >= 4 is 78.3 Å². The first-order valence-corrected chi connectivity index (χ1v) is 29.7. The maximum Gasteiger partial charge on any atom is 0.182 e. The van der Waals surface area contributed by atoms with Gasteiger partial charge in [-0.15, -0.1) is 0 Å². The molecular formula is C82H54N4O2. The molecule has 4 aromatic heterocycles. The molecule has 0 aliphatic rings. The van der Waals surface area contributed by atoms with Crippen LogP contribution in [0.4, 0.5) is 34.3 Å². The first-order valence-electron chi connectivity index (χ1n) is 29.7. The van der Waals surface area contributed by atoms with Gasteiger partial charge in [0.25, 0.3) is 0 Å². The molecule has 0 amide bonds. The molecule has 6 nitrogen and oxygen atoms in total. The minimum atomic E-state index is 0.663. The second-order valence-corrected chi connectivity index (χ2v) is 22.0. The van der Waals surface area contributed by atoms with E-state index in [1.165, 1.54) is 22.3 Å². The highest BCUT2D eigenvalue weighted by molar-refractivity contribution is 6.12. The number of para-hydroxylation sites is 4. The second kappa shape index (κ2) is 22.3. The van der Waals surface area contributed by atoms with Crippen LogP contribution in [-0.4, -0.2) is 9.97 Å². The van der Waals surface area contributed by atoms with E-state index < -0.39 is 0 Å². The Kier molecular flexibility index (Phi) is 13.1. The number of pyridine rings is 2. The molecule has 16 rings (SSSR count). The van der Waals surface area contributed by atoms with Gasteiger partial charge in [-0.25, -0.2) is 4.98 Å². The van der Waals surface area contributed by atoms with Crippen LogP contribution in [0.2, 0.25) is 0 Å². The van der Waals surface area contributed by atoms with Gasteiger partial charge in [0.15, 0.2) is 17.0 Å². The Morgan fingerprint density at radius 2 is 0.659 bits per heavy atom. The lowest BCUT2D eigenvalue weighted by atomic mass is 9.94. The van der Waals surface area contributed by atoms with E-state index in [2.05, 4.69) is 301 Å². The highest BCUT2D eigenvalue weighted by Gasteiger charge is 2.28. The lowest BCUT2D eigenvalue weighted by Crippen LogP contribution is -2.14. The van der Waals surface area contributed by atoms with Gasteiger partial charge in [-0.05, 0) is 122 Å². The Morgan fingerprint density at radius 1 is 0.261 bits per heavy atom. The standard InChI is InChI=1S/C82H54N4O2/c1-4-20-55(21-5-1)57-36-40-59(41-37-57)61-44-48-64(49-45-61)85(76-52-53-83-79-71-31-15-19-35-78(71)88-81(76)79)75-33-17-13-29-69(75)67-27-10-11-28-68(67)73-54-72-70-30-14-18-34-77(70)87-80(72)82(84-73)86(74-32-16-12-26-66(74)63-24-8-3-9-25-63)65-50-46-62(47-51-65)60-42-38-58(39-43-60)56-22-6-2-7-23-56/h1-54H. The van der Waals surface area contributed by atoms with E-state index >= 15 is 0 Å². The van der Waals surface area contributed by atoms with Gasteiger partial charge in [-0.1, -0.05) is 255 Å². The molecular weight excluding hydrogens is 1070 g/mol. The van der Waals surface area contributed by atoms with Crippen molar-refractivity contribution in [2.45, 2.75) is 0 Å². The Hall–Kier alpha value is -11.9. The van der Waals surface area contributed by atoms with Crippen LogP contribution < -0.4 is 9.80 Å². The molecule has 6 heteroatoms. The molecule has 414 valence electrons. The summed E-state index contributed by atoms with van der Waals surface area (Å²) in [5.74, 6) is 0.663. The normalized spacial score (nSPS) is 11.4. The predicted octanol–water partition coefficient (Wildman–Crippen LogP) is 22.9. The van der Waals surface area contributed by atoms with Gasteiger partial charge in [0.05, 0.1) is 22.8 Å². The van der Waals surface area contributed by atoms with Crippen molar-refractivity contribution in [2.75, 3.05) is 9.80 Å². The molecule has 0 saturated carbocycles. The first kappa shape index (κ1) is 51.8. The fourth-order valence-electron chi connectivity index (χ4n) is 12.5. The summed E-state index contributed by atoms with van der Waals surface area (Å²) in [5, 5.41) is 2.91. The third-order valence-electron chi connectivity index (χ3n) is 16.8. The molecule has 4 heterocycles. The van der Waals surface area contributed by atoms with E-state index in [0.717, 1.165) is 117 Å². The average Bonchev–Trinajstić information content (AvgIpc) is 1.74. The summed E-state index contributed by atoms with van der Waals surface area (Å²) in [5.41, 5.74) is 23.5. The molecule has 0 aliphatic heterocycles. The summed E-state index contributed by atoms with van der Waals surface area (Å²) in [6.07, 6.45) is 1.89. The molecule has 0 aliphatic carbocycles. The largest absolute Gasteiger partial charge is 0.452 e. The van der Waals surface area contributed by atoms with Crippen molar-refractivity contribution in [3.05, 3.63) is 328 Å². The summed E-state index contributed by atoms with van der Waals surface area (Å²) >= 11 is 0. The molecule has 0 atom stereocenters. The van der Waals surface area contributed by atoms with E-state index in [-0.39, 0.29) is 0 Å². The van der Waals surface area contributed by atoms with Crippen molar-refractivity contribution in [1.29, 1.82) is 0 Å². The van der Waals surface area contributed by atoms with Crippen LogP contribution in [-0.2, 0) is 0 Å². The number of hydrogen-bond donors (Lipinski definition) is 0. The summed E-state index contributed by atoms with van der Waals surface area (Å²) in [7, 11) is 0. The smallest absolute Gasteiger partial charge is 0.182 e. The van der Waals surface area contributed by atoms with Crippen LogP contribution in [0.1, 0.15) is 0 Å². The Bertz CT molecular complexity index is 5180. The number of benzene rings is 12. The predicted molar refractivity (Wildman–Crippen MR) is 364 cm³/mol. The minimum Gasteiger partial charge on any atom is -0.452 e. The maximum absolute atomic E-state index is 7.04. The molecule has 16 aromatic rings. The van der Waals surface area contributed by atoms with E-state index in [1.807, 2.05) is 36.5 Å². The quantitative estimate of drug-likeness (QED) is 0.115. The molecule has 0 fully saturated rings. The third kappa shape index (κ3) is 9.42. The van der Waals surface area contributed by atoms with Gasteiger partial charge in [0.2, 0.25) is 0 Å².